The summed E-state index contributed by atoms with van der Waals surface area (Å²) in [6, 6.07) is 0. The maximum absolute atomic E-state index is 8.57. The molecular formula is C9H17NO. The highest BCUT2D eigenvalue weighted by molar-refractivity contribution is 4.97. The Morgan fingerprint density at radius 3 is 2.64 bits per heavy atom. The molecule has 2 nitrogen and oxygen atoms in total. The Hall–Kier alpha value is -0.520. The third-order valence-corrected chi connectivity index (χ3v) is 1.56. The summed E-state index contributed by atoms with van der Waals surface area (Å²) < 4.78 is 0. The van der Waals surface area contributed by atoms with Crippen LogP contribution in [0.2, 0.25) is 0 Å². The van der Waals surface area contributed by atoms with E-state index in [9.17, 15) is 0 Å². The molecule has 0 saturated heterocycles. The molecule has 0 bridgehead atoms. The fourth-order valence-electron chi connectivity index (χ4n) is 0.834. The average molecular weight is 155 g/mol. The zero-order chi connectivity index (χ0) is 8.53. The van der Waals surface area contributed by atoms with Gasteiger partial charge in [-0.15, -0.1) is 5.92 Å². The van der Waals surface area contributed by atoms with Gasteiger partial charge in [-0.05, 0) is 19.9 Å². The molecule has 0 aromatic heterocycles. The van der Waals surface area contributed by atoms with Crippen LogP contribution in [0.15, 0.2) is 0 Å². The molecule has 0 atom stereocenters. The molecular weight excluding hydrogens is 138 g/mol. The monoisotopic (exact) mass is 155 g/mol. The first-order valence-electron chi connectivity index (χ1n) is 4.08. The van der Waals surface area contributed by atoms with Gasteiger partial charge in [-0.2, -0.15) is 0 Å². The Kier molecular flexibility index (Phi) is 7.23. The van der Waals surface area contributed by atoms with Gasteiger partial charge in [0.15, 0.2) is 0 Å². The molecule has 0 aliphatic rings. The zero-order valence-electron chi connectivity index (χ0n) is 7.43. The summed E-state index contributed by atoms with van der Waals surface area (Å²) in [6.07, 6.45) is 0.846. The average Bonchev–Trinajstić information content (AvgIpc) is 2.05. The molecule has 0 aliphatic heterocycles. The second-order valence-corrected chi connectivity index (χ2v) is 2.37. The summed E-state index contributed by atoms with van der Waals surface area (Å²) in [4.78, 5) is 2.22. The minimum Gasteiger partial charge on any atom is -0.396 e. The van der Waals surface area contributed by atoms with E-state index in [0.29, 0.717) is 0 Å². The highest BCUT2D eigenvalue weighted by Crippen LogP contribution is 1.88. The Labute approximate surface area is 69.2 Å². The summed E-state index contributed by atoms with van der Waals surface area (Å²) in [5.74, 6) is 5.86. The first-order valence-corrected chi connectivity index (χ1v) is 4.08. The minimum absolute atomic E-state index is 0.274. The molecule has 0 fully saturated rings. The van der Waals surface area contributed by atoms with Crippen molar-refractivity contribution in [2.24, 2.45) is 0 Å². The van der Waals surface area contributed by atoms with Crippen molar-refractivity contribution < 1.29 is 5.11 Å². The normalized spacial score (nSPS) is 9.45. The lowest BCUT2D eigenvalue weighted by atomic mass is 10.4. The fourth-order valence-corrected chi connectivity index (χ4v) is 0.834. The van der Waals surface area contributed by atoms with Gasteiger partial charge in [-0.3, -0.25) is 4.90 Å². The van der Waals surface area contributed by atoms with Gasteiger partial charge in [-0.1, -0.05) is 12.8 Å². The summed E-state index contributed by atoms with van der Waals surface area (Å²) in [5.41, 5.74) is 0. The Morgan fingerprint density at radius 1 is 1.45 bits per heavy atom. The molecule has 0 saturated carbocycles. The zero-order valence-corrected chi connectivity index (χ0v) is 7.43. The van der Waals surface area contributed by atoms with E-state index in [-0.39, 0.29) is 6.61 Å². The van der Waals surface area contributed by atoms with E-state index >= 15 is 0 Å². The van der Waals surface area contributed by atoms with Gasteiger partial charge in [0.2, 0.25) is 0 Å². The summed E-state index contributed by atoms with van der Waals surface area (Å²) >= 11 is 0. The van der Waals surface area contributed by atoms with Gasteiger partial charge < -0.3 is 5.11 Å². The Morgan fingerprint density at radius 2 is 2.18 bits per heavy atom. The molecule has 0 aromatic carbocycles. The number of nitrogens with zero attached hydrogens (tertiary/aromatic N) is 1. The maximum Gasteiger partial charge on any atom is 0.0601 e. The summed E-state index contributed by atoms with van der Waals surface area (Å²) in [5, 5.41) is 8.57. The Balaban J connectivity index is 3.46. The van der Waals surface area contributed by atoms with Crippen LogP contribution in [0, 0.1) is 11.8 Å². The Bertz CT molecular complexity index is 134. The van der Waals surface area contributed by atoms with Gasteiger partial charge in [0.1, 0.15) is 0 Å². The first-order chi connectivity index (χ1) is 5.35. The number of aliphatic hydroxyl groups is 1. The van der Waals surface area contributed by atoms with Crippen LogP contribution in [0.3, 0.4) is 0 Å². The van der Waals surface area contributed by atoms with Crippen LogP contribution >= 0.6 is 0 Å². The molecule has 11 heavy (non-hydrogen) atoms. The molecule has 0 aromatic rings. The predicted molar refractivity (Wildman–Crippen MR) is 47.3 cm³/mol. The predicted octanol–water partition coefficient (Wildman–Crippen LogP) is 0.714. The van der Waals surface area contributed by atoms with Gasteiger partial charge >= 0.3 is 0 Å². The fraction of sp³-hybridized carbons (Fsp3) is 0.778. The van der Waals surface area contributed by atoms with Crippen molar-refractivity contribution in [1.82, 2.24) is 4.90 Å². The van der Waals surface area contributed by atoms with Crippen molar-refractivity contribution in [2.45, 2.75) is 20.3 Å². The third kappa shape index (κ3) is 5.90. The highest BCUT2D eigenvalue weighted by atomic mass is 16.3. The molecule has 0 radical (unpaired) electrons. The topological polar surface area (TPSA) is 23.5 Å². The van der Waals surface area contributed by atoms with E-state index in [1.165, 1.54) is 0 Å². The van der Waals surface area contributed by atoms with E-state index in [0.717, 1.165) is 26.1 Å². The first kappa shape index (κ1) is 10.5. The van der Waals surface area contributed by atoms with E-state index in [4.69, 9.17) is 5.11 Å². The van der Waals surface area contributed by atoms with E-state index < -0.39 is 0 Å². The van der Waals surface area contributed by atoms with Crippen LogP contribution in [0.5, 0.6) is 0 Å². The summed E-state index contributed by atoms with van der Waals surface area (Å²) in [6.45, 7) is 7.01. The van der Waals surface area contributed by atoms with Crippen LogP contribution in [0.1, 0.15) is 20.3 Å². The van der Waals surface area contributed by atoms with Gasteiger partial charge in [0, 0.05) is 13.2 Å². The van der Waals surface area contributed by atoms with Crippen molar-refractivity contribution >= 4 is 0 Å². The quantitative estimate of drug-likeness (QED) is 0.591. The molecule has 0 rings (SSSR count). The van der Waals surface area contributed by atoms with Crippen molar-refractivity contribution in [3.8, 4) is 11.8 Å². The van der Waals surface area contributed by atoms with Crippen LogP contribution < -0.4 is 0 Å². The number of hydrogen-bond acceptors (Lipinski definition) is 2. The number of hydrogen-bond donors (Lipinski definition) is 1. The van der Waals surface area contributed by atoms with Crippen LogP contribution in [-0.4, -0.2) is 36.2 Å². The molecule has 2 heteroatoms. The van der Waals surface area contributed by atoms with Crippen molar-refractivity contribution in [3.63, 3.8) is 0 Å². The largest absolute Gasteiger partial charge is 0.396 e. The van der Waals surface area contributed by atoms with E-state index in [1.54, 1.807) is 0 Å². The number of aliphatic hydroxyl groups excluding tert-OH is 1. The number of rotatable bonds is 5. The SMILES string of the molecule is CC#CCN(CC)CCCO. The molecule has 0 amide bonds. The lowest BCUT2D eigenvalue weighted by Crippen LogP contribution is -2.25. The van der Waals surface area contributed by atoms with Gasteiger partial charge in [-0.25, -0.2) is 0 Å². The van der Waals surface area contributed by atoms with Gasteiger partial charge in [0.25, 0.3) is 0 Å². The smallest absolute Gasteiger partial charge is 0.0601 e. The van der Waals surface area contributed by atoms with Crippen LogP contribution in [-0.2, 0) is 0 Å². The maximum atomic E-state index is 8.57. The highest BCUT2D eigenvalue weighted by Gasteiger charge is 1.97. The van der Waals surface area contributed by atoms with Crippen molar-refractivity contribution in [1.29, 1.82) is 0 Å². The molecule has 0 heterocycles. The standard InChI is InChI=1S/C9H17NO/c1-3-5-7-10(4-2)8-6-9-11/h11H,4,6-9H2,1-2H3. The molecule has 0 spiro atoms. The van der Waals surface area contributed by atoms with E-state index in [2.05, 4.69) is 23.7 Å². The van der Waals surface area contributed by atoms with Crippen molar-refractivity contribution in [3.05, 3.63) is 0 Å². The molecule has 0 aliphatic carbocycles. The van der Waals surface area contributed by atoms with Crippen molar-refractivity contribution in [2.75, 3.05) is 26.2 Å². The lowest BCUT2D eigenvalue weighted by molar-refractivity contribution is 0.243. The minimum atomic E-state index is 0.274. The van der Waals surface area contributed by atoms with E-state index in [1.807, 2.05) is 6.92 Å². The second-order valence-electron chi connectivity index (χ2n) is 2.37. The third-order valence-electron chi connectivity index (χ3n) is 1.56. The summed E-state index contributed by atoms with van der Waals surface area (Å²) in [7, 11) is 0. The second kappa shape index (κ2) is 7.59. The molecule has 1 N–H and O–H groups in total. The lowest BCUT2D eigenvalue weighted by Gasteiger charge is -2.15. The molecule has 64 valence electrons. The van der Waals surface area contributed by atoms with Crippen LogP contribution in [0.25, 0.3) is 0 Å². The van der Waals surface area contributed by atoms with Crippen LogP contribution in [0.4, 0.5) is 0 Å². The molecule has 0 unspecified atom stereocenters. The van der Waals surface area contributed by atoms with Gasteiger partial charge in [0.05, 0.1) is 6.54 Å².